The van der Waals surface area contributed by atoms with Crippen LogP contribution in [0.15, 0.2) is 55.0 Å². The molecule has 8 nitrogen and oxygen atoms in total. The number of aromatic nitrogens is 3. The molecule has 2 aromatic heterocycles. The van der Waals surface area contributed by atoms with Crippen molar-refractivity contribution in [2.45, 2.75) is 31.9 Å². The van der Waals surface area contributed by atoms with Gasteiger partial charge in [-0.05, 0) is 49.6 Å². The Morgan fingerprint density at radius 1 is 1.22 bits per heavy atom. The number of imidazole rings is 1. The van der Waals surface area contributed by atoms with Crippen molar-refractivity contribution in [3.8, 4) is 11.6 Å². The number of aryl methyl sites for hydroxylation is 1. The van der Waals surface area contributed by atoms with E-state index in [0.717, 1.165) is 16.8 Å². The van der Waals surface area contributed by atoms with Gasteiger partial charge >= 0.3 is 6.18 Å². The van der Waals surface area contributed by atoms with Crippen molar-refractivity contribution < 1.29 is 27.5 Å². The summed E-state index contributed by atoms with van der Waals surface area (Å²) in [4.78, 5) is 34.0. The summed E-state index contributed by atoms with van der Waals surface area (Å²) in [7, 11) is 1.48. The molecule has 1 aliphatic rings. The molecule has 11 heteroatoms. The molecule has 0 aliphatic carbocycles. The van der Waals surface area contributed by atoms with Crippen molar-refractivity contribution in [1.29, 1.82) is 0 Å². The number of hydrogen-bond acceptors (Lipinski definition) is 5. The number of hydrazine groups is 1. The average molecular weight is 499 g/mol. The molecule has 1 saturated heterocycles. The average Bonchev–Trinajstić information content (AvgIpc) is 3.29. The second-order valence-corrected chi connectivity index (χ2v) is 8.27. The van der Waals surface area contributed by atoms with Gasteiger partial charge in [0, 0.05) is 18.8 Å². The molecular weight excluding hydrogens is 475 g/mol. The van der Waals surface area contributed by atoms with E-state index in [2.05, 4.69) is 15.4 Å². The summed E-state index contributed by atoms with van der Waals surface area (Å²) in [6, 6.07) is 8.48. The maximum atomic E-state index is 13.5. The molecule has 2 amide bonds. The predicted molar refractivity (Wildman–Crippen MR) is 125 cm³/mol. The molecule has 4 rings (SSSR count). The van der Waals surface area contributed by atoms with Gasteiger partial charge in [0.05, 0.1) is 36.3 Å². The van der Waals surface area contributed by atoms with E-state index in [-0.39, 0.29) is 18.5 Å². The quantitative estimate of drug-likeness (QED) is 0.517. The van der Waals surface area contributed by atoms with Crippen LogP contribution in [0, 0.1) is 6.92 Å². The Hall–Kier alpha value is -4.15. The van der Waals surface area contributed by atoms with E-state index in [1.165, 1.54) is 37.5 Å². The number of hydrogen-bond donors (Lipinski definition) is 1. The van der Waals surface area contributed by atoms with Gasteiger partial charge < -0.3 is 9.30 Å². The van der Waals surface area contributed by atoms with Crippen LogP contribution in [0.3, 0.4) is 0 Å². The van der Waals surface area contributed by atoms with Gasteiger partial charge in [-0.2, -0.15) is 13.2 Å². The molecule has 1 atom stereocenters. The highest BCUT2D eigenvalue weighted by molar-refractivity contribution is 5.94. The zero-order valence-corrected chi connectivity index (χ0v) is 19.6. The fraction of sp³-hybridized carbons (Fsp3) is 0.280. The summed E-state index contributed by atoms with van der Waals surface area (Å²) < 4.78 is 47.5. The first kappa shape index (κ1) is 25.0. The lowest BCUT2D eigenvalue weighted by Crippen LogP contribution is -2.50. The Bertz CT molecular complexity index is 1300. The van der Waals surface area contributed by atoms with Crippen molar-refractivity contribution in [3.05, 3.63) is 77.5 Å². The van der Waals surface area contributed by atoms with Crippen LogP contribution in [-0.4, -0.2) is 45.0 Å². The molecule has 1 aromatic carbocycles. The lowest BCUT2D eigenvalue weighted by Gasteiger charge is -2.33. The molecule has 3 heterocycles. The number of halogens is 3. The number of methoxy groups -OCH3 is 1. The molecule has 1 aliphatic heterocycles. The summed E-state index contributed by atoms with van der Waals surface area (Å²) >= 11 is 0. The fourth-order valence-corrected chi connectivity index (χ4v) is 4.11. The second kappa shape index (κ2) is 10.2. The summed E-state index contributed by atoms with van der Waals surface area (Å²) in [5.74, 6) is -1.86. The van der Waals surface area contributed by atoms with E-state index in [4.69, 9.17) is 4.74 Å². The van der Waals surface area contributed by atoms with E-state index in [1.807, 2.05) is 13.1 Å². The molecule has 1 fully saturated rings. The standard InChI is InChI=1S/C25H24F3N5O3/c1-16-14-32(15-29-16)21-11-9-17(30-23(21)36-2)10-12-22(34)31-33-13-5-7-19(24(33)35)18-6-3-4-8-20(18)25(26,27)28/h3-4,6,8-12,14-15,19H,5,7,13H2,1-2H3,(H,31,34)/b12-10+. The highest BCUT2D eigenvalue weighted by atomic mass is 19.4. The van der Waals surface area contributed by atoms with Gasteiger partial charge in [-0.3, -0.25) is 20.0 Å². The number of ether oxygens (including phenoxy) is 1. The number of nitrogens with one attached hydrogen (secondary N) is 1. The predicted octanol–water partition coefficient (Wildman–Crippen LogP) is 4.05. The monoisotopic (exact) mass is 499 g/mol. The van der Waals surface area contributed by atoms with Crippen LogP contribution in [0.25, 0.3) is 11.8 Å². The van der Waals surface area contributed by atoms with E-state index in [1.54, 1.807) is 23.0 Å². The van der Waals surface area contributed by atoms with Crippen molar-refractivity contribution >= 4 is 17.9 Å². The summed E-state index contributed by atoms with van der Waals surface area (Å²) in [5, 5.41) is 1.08. The molecule has 1 N–H and O–H groups in total. The Morgan fingerprint density at radius 2 is 2.00 bits per heavy atom. The minimum Gasteiger partial charge on any atom is -0.479 e. The Balaban J connectivity index is 1.46. The largest absolute Gasteiger partial charge is 0.479 e. The topological polar surface area (TPSA) is 89.4 Å². The first-order valence-corrected chi connectivity index (χ1v) is 11.2. The molecule has 0 spiro atoms. The fourth-order valence-electron chi connectivity index (χ4n) is 4.11. The van der Waals surface area contributed by atoms with Gasteiger partial charge in [-0.15, -0.1) is 0 Å². The van der Waals surface area contributed by atoms with E-state index < -0.39 is 29.5 Å². The van der Waals surface area contributed by atoms with Crippen LogP contribution >= 0.6 is 0 Å². The van der Waals surface area contributed by atoms with Gasteiger partial charge in [-0.25, -0.2) is 9.97 Å². The molecule has 36 heavy (non-hydrogen) atoms. The Kier molecular flexibility index (Phi) is 7.09. The van der Waals surface area contributed by atoms with E-state index in [9.17, 15) is 22.8 Å². The number of pyridine rings is 1. The number of carbonyl (C=O) groups excluding carboxylic acids is 2. The zero-order chi connectivity index (χ0) is 25.9. The SMILES string of the molecule is COc1nc(/C=C/C(=O)NN2CCCC(c3ccccc3C(F)(F)F)C2=O)ccc1-n1cnc(C)c1. The molecule has 1 unspecified atom stereocenters. The van der Waals surface area contributed by atoms with Gasteiger partial charge in [0.1, 0.15) is 5.69 Å². The number of carbonyl (C=O) groups is 2. The zero-order valence-electron chi connectivity index (χ0n) is 19.6. The third kappa shape index (κ3) is 5.40. The van der Waals surface area contributed by atoms with Crippen LogP contribution < -0.4 is 10.2 Å². The normalized spacial score (nSPS) is 16.4. The Morgan fingerprint density at radius 3 is 2.69 bits per heavy atom. The van der Waals surface area contributed by atoms with Crippen LogP contribution in [0.4, 0.5) is 13.2 Å². The summed E-state index contributed by atoms with van der Waals surface area (Å²) in [6.07, 6.45) is 2.23. The first-order valence-electron chi connectivity index (χ1n) is 11.2. The highest BCUT2D eigenvalue weighted by Gasteiger charge is 2.39. The van der Waals surface area contributed by atoms with Gasteiger partial charge in [-0.1, -0.05) is 18.2 Å². The molecule has 3 aromatic rings. The number of alkyl halides is 3. The number of amides is 2. The Labute approximate surface area is 205 Å². The lowest BCUT2D eigenvalue weighted by atomic mass is 9.87. The number of piperidine rings is 1. The van der Waals surface area contributed by atoms with Crippen molar-refractivity contribution in [1.82, 2.24) is 25.0 Å². The third-order valence-corrected chi connectivity index (χ3v) is 5.78. The minimum absolute atomic E-state index is 0.0889. The summed E-state index contributed by atoms with van der Waals surface area (Å²) in [6.45, 7) is 2.06. The van der Waals surface area contributed by atoms with E-state index in [0.29, 0.717) is 23.7 Å². The lowest BCUT2D eigenvalue weighted by molar-refractivity contribution is -0.145. The molecule has 0 radical (unpaired) electrons. The number of nitrogens with zero attached hydrogens (tertiary/aromatic N) is 4. The molecular formula is C25H24F3N5O3. The van der Waals surface area contributed by atoms with Crippen molar-refractivity contribution in [2.75, 3.05) is 13.7 Å². The van der Waals surface area contributed by atoms with Crippen molar-refractivity contribution in [2.24, 2.45) is 0 Å². The van der Waals surface area contributed by atoms with Crippen LogP contribution in [0.2, 0.25) is 0 Å². The second-order valence-electron chi connectivity index (χ2n) is 8.27. The maximum Gasteiger partial charge on any atom is 0.416 e. The van der Waals surface area contributed by atoms with Gasteiger partial charge in [0.2, 0.25) is 11.8 Å². The number of rotatable bonds is 6. The van der Waals surface area contributed by atoms with Crippen molar-refractivity contribution in [3.63, 3.8) is 0 Å². The van der Waals surface area contributed by atoms with Crippen LogP contribution in [0.1, 0.15) is 41.3 Å². The first-order chi connectivity index (χ1) is 17.2. The molecule has 188 valence electrons. The van der Waals surface area contributed by atoms with Crippen LogP contribution in [-0.2, 0) is 15.8 Å². The smallest absolute Gasteiger partial charge is 0.416 e. The molecule has 0 bridgehead atoms. The highest BCUT2D eigenvalue weighted by Crippen LogP contribution is 2.38. The minimum atomic E-state index is -4.58. The van der Waals surface area contributed by atoms with E-state index >= 15 is 0 Å². The van der Waals surface area contributed by atoms with Gasteiger partial charge in [0.15, 0.2) is 0 Å². The number of benzene rings is 1. The molecule has 0 saturated carbocycles. The van der Waals surface area contributed by atoms with Gasteiger partial charge in [0.25, 0.3) is 5.91 Å². The maximum absolute atomic E-state index is 13.5. The van der Waals surface area contributed by atoms with Crippen LogP contribution in [0.5, 0.6) is 5.88 Å². The summed E-state index contributed by atoms with van der Waals surface area (Å²) in [5.41, 5.74) is 3.47. The third-order valence-electron chi connectivity index (χ3n) is 5.78.